The molecule has 3 aromatic rings. The van der Waals surface area contributed by atoms with Crippen LogP contribution in [0.5, 0.6) is 5.75 Å². The maximum absolute atomic E-state index is 12.2. The smallest absolute Gasteiger partial charge is 0.294 e. The Kier molecular flexibility index (Phi) is 4.98. The number of carbonyl (C=O) groups excluding carboxylic acids is 2. The van der Waals surface area contributed by atoms with Gasteiger partial charge in [0.25, 0.3) is 5.91 Å². The van der Waals surface area contributed by atoms with E-state index in [0.717, 1.165) is 11.1 Å². The zero-order valence-corrected chi connectivity index (χ0v) is 14.1. The van der Waals surface area contributed by atoms with Crippen LogP contribution >= 0.6 is 0 Å². The van der Waals surface area contributed by atoms with Crippen molar-refractivity contribution in [3.63, 3.8) is 0 Å². The SMILES string of the molecule is Cc1ccccc1CC(=O)NNC(=O)c1nn(-c2ccccc2)cc1O. The molecule has 7 nitrogen and oxygen atoms in total. The second-order valence-corrected chi connectivity index (χ2v) is 5.75. The fourth-order valence-corrected chi connectivity index (χ4v) is 2.45. The first-order valence-corrected chi connectivity index (χ1v) is 8.02. The fraction of sp³-hybridized carbons (Fsp3) is 0.105. The molecular weight excluding hydrogens is 332 g/mol. The molecule has 3 N–H and O–H groups in total. The van der Waals surface area contributed by atoms with E-state index in [2.05, 4.69) is 16.0 Å². The van der Waals surface area contributed by atoms with E-state index in [-0.39, 0.29) is 23.8 Å². The van der Waals surface area contributed by atoms with Crippen molar-refractivity contribution < 1.29 is 14.7 Å². The van der Waals surface area contributed by atoms with Crippen molar-refractivity contribution in [1.29, 1.82) is 0 Å². The van der Waals surface area contributed by atoms with Gasteiger partial charge in [-0.15, -0.1) is 0 Å². The lowest BCUT2D eigenvalue weighted by Gasteiger charge is -2.08. The van der Waals surface area contributed by atoms with Crippen molar-refractivity contribution in [2.24, 2.45) is 0 Å². The molecule has 0 bridgehead atoms. The molecule has 1 aromatic heterocycles. The standard InChI is InChI=1S/C19H18N4O3/c1-13-7-5-6-8-14(13)11-17(25)20-21-19(26)18-16(24)12-23(22-18)15-9-3-2-4-10-15/h2-10,12,24H,11H2,1H3,(H,20,25)(H,21,26). The Morgan fingerprint density at radius 2 is 1.73 bits per heavy atom. The van der Waals surface area contributed by atoms with Crippen LogP contribution in [0.3, 0.4) is 0 Å². The van der Waals surface area contributed by atoms with Crippen LogP contribution in [0, 0.1) is 6.92 Å². The van der Waals surface area contributed by atoms with E-state index < -0.39 is 5.91 Å². The molecule has 0 aliphatic rings. The molecule has 0 aliphatic heterocycles. The summed E-state index contributed by atoms with van der Waals surface area (Å²) in [5.41, 5.74) is 6.99. The minimum absolute atomic E-state index is 0.136. The molecule has 0 spiro atoms. The normalized spacial score (nSPS) is 10.3. The van der Waals surface area contributed by atoms with Gasteiger partial charge in [0.1, 0.15) is 0 Å². The van der Waals surface area contributed by atoms with Crippen molar-refractivity contribution in [3.05, 3.63) is 77.6 Å². The Balaban J connectivity index is 1.63. The van der Waals surface area contributed by atoms with Gasteiger partial charge >= 0.3 is 0 Å². The maximum atomic E-state index is 12.2. The third kappa shape index (κ3) is 3.89. The van der Waals surface area contributed by atoms with Gasteiger partial charge < -0.3 is 5.11 Å². The Morgan fingerprint density at radius 3 is 2.46 bits per heavy atom. The lowest BCUT2D eigenvalue weighted by Crippen LogP contribution is -2.42. The summed E-state index contributed by atoms with van der Waals surface area (Å²) in [6.07, 6.45) is 1.47. The molecule has 0 radical (unpaired) electrons. The predicted octanol–water partition coefficient (Wildman–Crippen LogP) is 1.89. The number of nitrogens with zero attached hydrogens (tertiary/aromatic N) is 2. The Labute approximate surface area is 150 Å². The summed E-state index contributed by atoms with van der Waals surface area (Å²) in [5.74, 6) is -1.34. The minimum atomic E-state index is -0.699. The van der Waals surface area contributed by atoms with Gasteiger partial charge in [0.05, 0.1) is 18.3 Å². The zero-order valence-electron chi connectivity index (χ0n) is 14.1. The molecule has 0 atom stereocenters. The molecule has 0 saturated heterocycles. The number of rotatable bonds is 4. The van der Waals surface area contributed by atoms with Crippen LogP contribution in [0.25, 0.3) is 5.69 Å². The molecule has 2 aromatic carbocycles. The number of aromatic hydroxyl groups is 1. The summed E-state index contributed by atoms with van der Waals surface area (Å²) in [4.78, 5) is 24.2. The van der Waals surface area contributed by atoms with Crippen molar-refractivity contribution in [1.82, 2.24) is 20.6 Å². The van der Waals surface area contributed by atoms with E-state index in [9.17, 15) is 14.7 Å². The molecule has 0 unspecified atom stereocenters. The first-order chi connectivity index (χ1) is 12.5. The number of carbonyl (C=O) groups is 2. The predicted molar refractivity (Wildman–Crippen MR) is 95.7 cm³/mol. The number of amides is 2. The molecule has 132 valence electrons. The Hall–Kier alpha value is -3.61. The number of aryl methyl sites for hydroxylation is 1. The molecule has 0 aliphatic carbocycles. The van der Waals surface area contributed by atoms with Gasteiger partial charge in [-0.2, -0.15) is 5.10 Å². The van der Waals surface area contributed by atoms with E-state index in [1.54, 1.807) is 12.1 Å². The summed E-state index contributed by atoms with van der Waals surface area (Å²) in [7, 11) is 0. The lowest BCUT2D eigenvalue weighted by molar-refractivity contribution is -0.121. The number of hydrogen-bond donors (Lipinski definition) is 3. The van der Waals surface area contributed by atoms with Gasteiger partial charge in [-0.05, 0) is 30.2 Å². The molecule has 26 heavy (non-hydrogen) atoms. The molecule has 2 amide bonds. The number of hydrogen-bond acceptors (Lipinski definition) is 4. The molecule has 0 saturated carbocycles. The van der Waals surface area contributed by atoms with E-state index >= 15 is 0 Å². The van der Waals surface area contributed by atoms with Gasteiger partial charge in [-0.1, -0.05) is 42.5 Å². The van der Waals surface area contributed by atoms with Crippen LogP contribution in [-0.4, -0.2) is 26.7 Å². The first-order valence-electron chi connectivity index (χ1n) is 8.02. The van der Waals surface area contributed by atoms with Crippen molar-refractivity contribution >= 4 is 11.8 Å². The number of hydrazine groups is 1. The Bertz CT molecular complexity index is 935. The van der Waals surface area contributed by atoms with E-state index in [4.69, 9.17) is 0 Å². The summed E-state index contributed by atoms with van der Waals surface area (Å²) in [5, 5.41) is 14.0. The van der Waals surface area contributed by atoms with E-state index in [0.29, 0.717) is 5.69 Å². The molecule has 0 fully saturated rings. The highest BCUT2D eigenvalue weighted by Gasteiger charge is 2.17. The zero-order chi connectivity index (χ0) is 18.5. The lowest BCUT2D eigenvalue weighted by atomic mass is 10.1. The Morgan fingerprint density at radius 1 is 1.04 bits per heavy atom. The van der Waals surface area contributed by atoms with Crippen LogP contribution in [0.2, 0.25) is 0 Å². The highest BCUT2D eigenvalue weighted by atomic mass is 16.3. The number of para-hydroxylation sites is 1. The van der Waals surface area contributed by atoms with E-state index in [1.807, 2.05) is 49.4 Å². The van der Waals surface area contributed by atoms with Crippen LogP contribution in [0.1, 0.15) is 21.6 Å². The third-order valence-electron chi connectivity index (χ3n) is 3.86. The number of aromatic nitrogens is 2. The van der Waals surface area contributed by atoms with Crippen LogP contribution in [-0.2, 0) is 11.2 Å². The maximum Gasteiger partial charge on any atom is 0.294 e. The second kappa shape index (κ2) is 7.52. The van der Waals surface area contributed by atoms with Crippen LogP contribution in [0.15, 0.2) is 60.8 Å². The fourth-order valence-electron chi connectivity index (χ4n) is 2.45. The third-order valence-corrected chi connectivity index (χ3v) is 3.86. The highest BCUT2D eigenvalue weighted by molar-refractivity contribution is 5.96. The van der Waals surface area contributed by atoms with Crippen LogP contribution < -0.4 is 10.9 Å². The van der Waals surface area contributed by atoms with Crippen molar-refractivity contribution in [2.45, 2.75) is 13.3 Å². The quantitative estimate of drug-likeness (QED) is 0.626. The van der Waals surface area contributed by atoms with Crippen LogP contribution in [0.4, 0.5) is 0 Å². The number of nitrogens with one attached hydrogen (secondary N) is 2. The minimum Gasteiger partial charge on any atom is -0.504 e. The highest BCUT2D eigenvalue weighted by Crippen LogP contribution is 2.17. The average molecular weight is 350 g/mol. The van der Waals surface area contributed by atoms with Crippen molar-refractivity contribution in [2.75, 3.05) is 0 Å². The largest absolute Gasteiger partial charge is 0.504 e. The molecule has 7 heteroatoms. The van der Waals surface area contributed by atoms with Gasteiger partial charge in [-0.25, -0.2) is 4.68 Å². The molecule has 1 heterocycles. The van der Waals surface area contributed by atoms with Gasteiger partial charge in [-0.3, -0.25) is 20.4 Å². The number of benzene rings is 2. The van der Waals surface area contributed by atoms with Gasteiger partial charge in [0.15, 0.2) is 11.4 Å². The monoisotopic (exact) mass is 350 g/mol. The van der Waals surface area contributed by atoms with Gasteiger partial charge in [0.2, 0.25) is 5.91 Å². The topological polar surface area (TPSA) is 96.3 Å². The average Bonchev–Trinajstić information content (AvgIpc) is 3.04. The molecular formula is C19H18N4O3. The molecule has 3 rings (SSSR count). The van der Waals surface area contributed by atoms with Crippen molar-refractivity contribution in [3.8, 4) is 11.4 Å². The summed E-state index contributed by atoms with van der Waals surface area (Å²) in [6, 6.07) is 16.6. The second-order valence-electron chi connectivity index (χ2n) is 5.75. The summed E-state index contributed by atoms with van der Waals surface area (Å²) in [6.45, 7) is 1.91. The summed E-state index contributed by atoms with van der Waals surface area (Å²) >= 11 is 0. The summed E-state index contributed by atoms with van der Waals surface area (Å²) < 4.78 is 1.39. The first kappa shape index (κ1) is 17.2. The van der Waals surface area contributed by atoms with Gasteiger partial charge in [0, 0.05) is 0 Å². The van der Waals surface area contributed by atoms with E-state index in [1.165, 1.54) is 10.9 Å².